The first kappa shape index (κ1) is 24.4. The van der Waals surface area contributed by atoms with Gasteiger partial charge in [-0.05, 0) is 136 Å². The third kappa shape index (κ3) is 6.09. The van der Waals surface area contributed by atoms with Crippen molar-refractivity contribution in [2.45, 2.75) is 117 Å². The van der Waals surface area contributed by atoms with Crippen molar-refractivity contribution in [3.05, 3.63) is 58.7 Å². The summed E-state index contributed by atoms with van der Waals surface area (Å²) in [5, 5.41) is 0. The number of benzene rings is 1. The van der Waals surface area contributed by atoms with Gasteiger partial charge in [0.05, 0.1) is 0 Å². The maximum absolute atomic E-state index is 2.52. The van der Waals surface area contributed by atoms with Gasteiger partial charge in [-0.2, -0.15) is 0 Å². The van der Waals surface area contributed by atoms with E-state index in [9.17, 15) is 0 Å². The van der Waals surface area contributed by atoms with E-state index in [0.717, 1.165) is 35.5 Å². The molecule has 0 spiro atoms. The highest BCUT2D eigenvalue weighted by atomic mass is 14.4. The van der Waals surface area contributed by atoms with Crippen molar-refractivity contribution in [2.75, 3.05) is 0 Å². The van der Waals surface area contributed by atoms with Crippen molar-refractivity contribution < 1.29 is 0 Å². The van der Waals surface area contributed by atoms with Gasteiger partial charge in [-0.1, -0.05) is 75.0 Å². The van der Waals surface area contributed by atoms with Crippen LogP contribution in [0.25, 0.3) is 0 Å². The Morgan fingerprint density at radius 2 is 0.971 bits per heavy atom. The van der Waals surface area contributed by atoms with Crippen LogP contribution in [0, 0.1) is 49.4 Å². The van der Waals surface area contributed by atoms with Crippen molar-refractivity contribution in [1.82, 2.24) is 0 Å². The van der Waals surface area contributed by atoms with Gasteiger partial charge in [0.15, 0.2) is 0 Å². The largest absolute Gasteiger partial charge is 0.0851 e. The second kappa shape index (κ2) is 11.6. The highest BCUT2D eigenvalue weighted by Crippen LogP contribution is 2.46. The Bertz CT molecular complexity index is 785. The second-order valence-electron chi connectivity index (χ2n) is 12.7. The summed E-state index contributed by atoms with van der Waals surface area (Å²) >= 11 is 0. The Morgan fingerprint density at radius 1 is 0.529 bits per heavy atom. The fraction of sp³-hybridized carbons (Fsp3) is 0.706. The average Bonchev–Trinajstić information content (AvgIpc) is 3.63. The van der Waals surface area contributed by atoms with Gasteiger partial charge in [-0.15, -0.1) is 0 Å². The quantitative estimate of drug-likeness (QED) is 0.192. The number of unbranched alkanes of at least 4 members (excludes halogenated alkanes) is 6. The van der Waals surface area contributed by atoms with Gasteiger partial charge in [0, 0.05) is 0 Å². The summed E-state index contributed by atoms with van der Waals surface area (Å²) in [4.78, 5) is 0. The van der Waals surface area contributed by atoms with Gasteiger partial charge >= 0.3 is 0 Å². The third-order valence-electron chi connectivity index (χ3n) is 10.2. The van der Waals surface area contributed by atoms with Crippen LogP contribution in [0.15, 0.2) is 36.4 Å². The zero-order valence-corrected chi connectivity index (χ0v) is 22.2. The molecular formula is C34H50. The Morgan fingerprint density at radius 3 is 1.35 bits per heavy atom. The Labute approximate surface area is 210 Å². The van der Waals surface area contributed by atoms with Crippen molar-refractivity contribution in [3.8, 4) is 0 Å². The molecule has 1 aromatic rings. The molecular weight excluding hydrogens is 408 g/mol. The monoisotopic (exact) mass is 458 g/mol. The van der Waals surface area contributed by atoms with Crippen LogP contribution < -0.4 is 0 Å². The van der Waals surface area contributed by atoms with Crippen molar-refractivity contribution in [1.29, 1.82) is 0 Å². The molecule has 6 unspecified atom stereocenters. The Hall–Kier alpha value is -1.30. The second-order valence-corrected chi connectivity index (χ2v) is 12.7. The minimum atomic E-state index is 0.943. The fourth-order valence-corrected chi connectivity index (χ4v) is 8.08. The molecule has 0 radical (unpaired) electrons. The van der Waals surface area contributed by atoms with Gasteiger partial charge in [0.1, 0.15) is 0 Å². The van der Waals surface area contributed by atoms with Gasteiger partial charge in [-0.25, -0.2) is 0 Å². The molecule has 0 aliphatic heterocycles. The maximum atomic E-state index is 2.52. The summed E-state index contributed by atoms with van der Waals surface area (Å²) in [7, 11) is 0. The van der Waals surface area contributed by atoms with Gasteiger partial charge < -0.3 is 0 Å². The molecule has 186 valence electrons. The predicted molar refractivity (Wildman–Crippen MR) is 147 cm³/mol. The van der Waals surface area contributed by atoms with Crippen LogP contribution in [-0.4, -0.2) is 0 Å². The van der Waals surface area contributed by atoms with Crippen LogP contribution >= 0.6 is 0 Å². The van der Waals surface area contributed by atoms with Crippen LogP contribution in [0.2, 0.25) is 0 Å². The fourth-order valence-electron chi connectivity index (χ4n) is 8.08. The van der Waals surface area contributed by atoms with Crippen molar-refractivity contribution in [2.24, 2.45) is 35.5 Å². The summed E-state index contributed by atoms with van der Waals surface area (Å²) in [6, 6.07) is 5.05. The molecule has 0 aromatic heterocycles. The molecule has 4 aliphatic carbocycles. The lowest BCUT2D eigenvalue weighted by atomic mass is 9.88. The van der Waals surface area contributed by atoms with E-state index in [4.69, 9.17) is 0 Å². The summed E-state index contributed by atoms with van der Waals surface area (Å²) in [6.07, 6.45) is 32.8. The van der Waals surface area contributed by atoms with Crippen LogP contribution in [0.5, 0.6) is 0 Å². The number of rotatable bonds is 14. The van der Waals surface area contributed by atoms with Crippen LogP contribution in [-0.2, 0) is 12.8 Å². The zero-order chi connectivity index (χ0) is 23.3. The highest BCUT2D eigenvalue weighted by molar-refractivity contribution is 5.37. The molecule has 4 aliphatic rings. The topological polar surface area (TPSA) is 0 Å². The number of fused-ring (bicyclic) bond motifs is 4. The van der Waals surface area contributed by atoms with E-state index in [-0.39, 0.29) is 0 Å². The van der Waals surface area contributed by atoms with E-state index >= 15 is 0 Å². The van der Waals surface area contributed by atoms with Gasteiger partial charge in [-0.3, -0.25) is 0 Å². The molecule has 2 fully saturated rings. The summed E-state index contributed by atoms with van der Waals surface area (Å²) in [5.41, 5.74) is 6.30. The first-order chi connectivity index (χ1) is 16.7. The molecule has 0 N–H and O–H groups in total. The van der Waals surface area contributed by atoms with E-state index in [0.29, 0.717) is 0 Å². The average molecular weight is 459 g/mol. The molecule has 0 nitrogen and oxygen atoms in total. The van der Waals surface area contributed by atoms with E-state index in [2.05, 4.69) is 50.3 Å². The highest BCUT2D eigenvalue weighted by Gasteiger charge is 2.35. The van der Waals surface area contributed by atoms with Gasteiger partial charge in [0.2, 0.25) is 0 Å². The van der Waals surface area contributed by atoms with E-state index in [1.165, 1.54) is 103 Å². The van der Waals surface area contributed by atoms with E-state index in [1.807, 2.05) is 0 Å². The first-order valence-electron chi connectivity index (χ1n) is 15.1. The molecule has 0 heterocycles. The smallest absolute Gasteiger partial charge is 0.0199 e. The lowest BCUT2D eigenvalue weighted by molar-refractivity contribution is 0.394. The van der Waals surface area contributed by atoms with E-state index in [1.54, 1.807) is 22.3 Å². The van der Waals surface area contributed by atoms with Gasteiger partial charge in [0.25, 0.3) is 0 Å². The molecule has 0 heteroatoms. The predicted octanol–water partition coefficient (Wildman–Crippen LogP) is 9.71. The zero-order valence-electron chi connectivity index (χ0n) is 22.2. The van der Waals surface area contributed by atoms with Crippen LogP contribution in [0.4, 0.5) is 0 Å². The minimum Gasteiger partial charge on any atom is -0.0851 e. The Balaban J connectivity index is 0.934. The number of allylic oxidation sites excluding steroid dienone is 4. The van der Waals surface area contributed by atoms with Crippen molar-refractivity contribution in [3.63, 3.8) is 0 Å². The number of hydrogen-bond acceptors (Lipinski definition) is 0. The van der Waals surface area contributed by atoms with Crippen molar-refractivity contribution >= 4 is 0 Å². The molecule has 1 aromatic carbocycles. The first-order valence-corrected chi connectivity index (χ1v) is 15.1. The molecule has 4 bridgehead atoms. The number of hydrogen-bond donors (Lipinski definition) is 0. The minimum absolute atomic E-state index is 0.943. The van der Waals surface area contributed by atoms with Crippen LogP contribution in [0.1, 0.15) is 112 Å². The molecule has 5 rings (SSSR count). The standard InChI is InChI=1S/C34H50/c1-25-19-30(12-8-4-6-10-14-32-22-28-16-18-34(32)24-28)26(2)20-29(25)11-7-3-5-9-13-31-21-27-15-17-33(31)23-27/h15-20,27-28,31-34H,3-14,21-24H2,1-2H3. The lowest BCUT2D eigenvalue weighted by Crippen LogP contribution is -2.06. The van der Waals surface area contributed by atoms with Crippen LogP contribution in [0.3, 0.4) is 0 Å². The SMILES string of the molecule is Cc1cc(CCCCCCC2CC3C=CC2C3)c(C)cc1CCCCCCC1CC2C=CC1C2. The Kier molecular flexibility index (Phi) is 8.34. The number of aryl methyl sites for hydroxylation is 4. The molecule has 2 saturated carbocycles. The normalized spacial score (nSPS) is 30.8. The lowest BCUT2D eigenvalue weighted by Gasteiger charge is -2.17. The maximum Gasteiger partial charge on any atom is -0.0199 e. The summed E-state index contributed by atoms with van der Waals surface area (Å²) in [5.74, 6) is 5.81. The molecule has 6 atom stereocenters. The third-order valence-corrected chi connectivity index (χ3v) is 10.2. The van der Waals surface area contributed by atoms with E-state index < -0.39 is 0 Å². The summed E-state index contributed by atoms with van der Waals surface area (Å²) in [6.45, 7) is 4.70. The molecule has 34 heavy (non-hydrogen) atoms. The molecule has 0 saturated heterocycles. The summed E-state index contributed by atoms with van der Waals surface area (Å²) < 4.78 is 0. The molecule has 0 amide bonds.